The number of aryl methyl sites for hydroxylation is 1. The maximum absolute atomic E-state index is 11.9. The van der Waals surface area contributed by atoms with Gasteiger partial charge in [-0.05, 0) is 73.4 Å². The van der Waals surface area contributed by atoms with Gasteiger partial charge in [-0.25, -0.2) is 0 Å². The van der Waals surface area contributed by atoms with Crippen LogP contribution in [0.5, 0.6) is 28.7 Å². The number of nitrogens with zero attached hydrogens (tertiary/aromatic N) is 1. The number of aromatic hydroxyl groups is 2. The summed E-state index contributed by atoms with van der Waals surface area (Å²) in [6.07, 6.45) is 1.32. The second-order valence-electron chi connectivity index (χ2n) is 10.6. The molecule has 1 aliphatic rings. The fourth-order valence-electron chi connectivity index (χ4n) is 6.19. The smallest absolute Gasteiger partial charge is 0.200 e. The predicted molar refractivity (Wildman–Crippen MR) is 152 cm³/mol. The molecule has 4 rings (SSSR count). The molecule has 1 saturated carbocycles. The molecule has 3 aromatic rings. The zero-order valence-corrected chi connectivity index (χ0v) is 23.8. The first-order valence-electron chi connectivity index (χ1n) is 13.9. The van der Waals surface area contributed by atoms with E-state index in [1.165, 1.54) is 14.2 Å². The highest BCUT2D eigenvalue weighted by Crippen LogP contribution is 2.44. The zero-order valence-electron chi connectivity index (χ0n) is 23.8. The fraction of sp³-hybridized carbons (Fsp3) is 0.484. The number of methoxy groups -OCH3 is 2. The van der Waals surface area contributed by atoms with Crippen LogP contribution >= 0.6 is 0 Å². The van der Waals surface area contributed by atoms with Crippen molar-refractivity contribution < 1.29 is 49.6 Å². The standard InChI is InChI=1S/C31H40NO10/c1-39-26-11-18(5-7-23(26)35)6-8-25(41-16-33)29-20(14-21-4-3-9-32-21)15-24(36)22(30(29)37)10-19-12-27(40-2)31(38)28(13-19)42-17-34/h3-5,7,9,11-13,20,22,24-25,29-30,33-38H,6,8,10,14-17H2,1-2H3/q-1. The van der Waals surface area contributed by atoms with Crippen molar-refractivity contribution in [2.45, 2.75) is 50.4 Å². The molecule has 6 atom stereocenters. The lowest BCUT2D eigenvalue weighted by molar-refractivity contribution is -0.156. The summed E-state index contributed by atoms with van der Waals surface area (Å²) in [5, 5.41) is 62.6. The maximum atomic E-state index is 11.9. The SMILES string of the molecule is COc1cc(CCC(OCO)C2C(Cc3ccc[n-]3)CC(O)C(Cc3cc(OC)c(O)c(OCO)c3)C2O)ccc1O. The second-order valence-corrected chi connectivity index (χ2v) is 10.6. The molecule has 2 aromatic carbocycles. The van der Waals surface area contributed by atoms with Crippen molar-refractivity contribution in [2.75, 3.05) is 27.8 Å². The molecule has 0 bridgehead atoms. The van der Waals surface area contributed by atoms with Gasteiger partial charge in [0.2, 0.25) is 5.75 Å². The third kappa shape index (κ3) is 7.29. The first-order chi connectivity index (χ1) is 20.3. The van der Waals surface area contributed by atoms with E-state index in [0.29, 0.717) is 37.0 Å². The van der Waals surface area contributed by atoms with Gasteiger partial charge in [0.05, 0.1) is 32.5 Å². The van der Waals surface area contributed by atoms with Gasteiger partial charge in [0, 0.05) is 11.8 Å². The van der Waals surface area contributed by atoms with Crippen molar-refractivity contribution in [3.8, 4) is 28.7 Å². The third-order valence-electron chi connectivity index (χ3n) is 8.19. The van der Waals surface area contributed by atoms with E-state index in [1.807, 2.05) is 12.1 Å². The minimum Gasteiger partial charge on any atom is -0.668 e. The summed E-state index contributed by atoms with van der Waals surface area (Å²) < 4.78 is 21.5. The first-order valence-corrected chi connectivity index (χ1v) is 13.9. The van der Waals surface area contributed by atoms with E-state index < -0.39 is 43.7 Å². The van der Waals surface area contributed by atoms with E-state index in [9.17, 15) is 30.6 Å². The molecular formula is C31H40NO10-. The summed E-state index contributed by atoms with van der Waals surface area (Å²) in [5.41, 5.74) is 2.35. The molecule has 0 amide bonds. The molecule has 11 heteroatoms. The van der Waals surface area contributed by atoms with Gasteiger partial charge in [0.15, 0.2) is 29.8 Å². The van der Waals surface area contributed by atoms with Gasteiger partial charge in [-0.3, -0.25) is 0 Å². The number of aliphatic hydroxyl groups excluding tert-OH is 4. The Balaban J connectivity index is 1.63. The van der Waals surface area contributed by atoms with Crippen molar-refractivity contribution in [2.24, 2.45) is 17.8 Å². The largest absolute Gasteiger partial charge is 0.668 e. The van der Waals surface area contributed by atoms with Gasteiger partial charge >= 0.3 is 0 Å². The molecule has 6 N–H and O–H groups in total. The van der Waals surface area contributed by atoms with Crippen LogP contribution in [0.15, 0.2) is 48.7 Å². The van der Waals surface area contributed by atoms with Gasteiger partial charge in [-0.15, -0.1) is 0 Å². The Morgan fingerprint density at radius 2 is 1.64 bits per heavy atom. The van der Waals surface area contributed by atoms with Crippen molar-refractivity contribution >= 4 is 0 Å². The normalized spacial score (nSPS) is 23.0. The number of hydrogen-bond acceptors (Lipinski definition) is 10. The Morgan fingerprint density at radius 1 is 0.905 bits per heavy atom. The van der Waals surface area contributed by atoms with Crippen LogP contribution < -0.4 is 19.2 Å². The lowest BCUT2D eigenvalue weighted by Gasteiger charge is -2.47. The van der Waals surface area contributed by atoms with Crippen LogP contribution in [0, 0.1) is 17.8 Å². The molecule has 0 spiro atoms. The van der Waals surface area contributed by atoms with Crippen LogP contribution in [0.3, 0.4) is 0 Å². The highest BCUT2D eigenvalue weighted by Gasteiger charge is 2.46. The summed E-state index contributed by atoms with van der Waals surface area (Å²) in [7, 11) is 2.87. The fourth-order valence-corrected chi connectivity index (χ4v) is 6.19. The van der Waals surface area contributed by atoms with E-state index in [0.717, 1.165) is 11.3 Å². The first kappa shape index (κ1) is 31.5. The lowest BCUT2D eigenvalue weighted by Crippen LogP contribution is -2.53. The van der Waals surface area contributed by atoms with Gasteiger partial charge in [0.25, 0.3) is 0 Å². The summed E-state index contributed by atoms with van der Waals surface area (Å²) in [4.78, 5) is 4.40. The molecule has 1 heterocycles. The van der Waals surface area contributed by atoms with E-state index in [1.54, 1.807) is 36.5 Å². The molecule has 1 aliphatic carbocycles. The van der Waals surface area contributed by atoms with Crippen LogP contribution in [0.1, 0.15) is 29.7 Å². The van der Waals surface area contributed by atoms with Crippen LogP contribution in [0.4, 0.5) is 0 Å². The Labute approximate surface area is 244 Å². The number of phenols is 2. The molecular weight excluding hydrogens is 546 g/mol. The zero-order chi connectivity index (χ0) is 30.2. The highest BCUT2D eigenvalue weighted by atomic mass is 16.6. The monoisotopic (exact) mass is 586 g/mol. The summed E-state index contributed by atoms with van der Waals surface area (Å²) in [5.74, 6) is -1.00. The lowest BCUT2D eigenvalue weighted by atomic mass is 9.65. The van der Waals surface area contributed by atoms with E-state index in [-0.39, 0.29) is 35.3 Å². The van der Waals surface area contributed by atoms with Crippen molar-refractivity contribution in [1.29, 1.82) is 0 Å². The van der Waals surface area contributed by atoms with E-state index in [4.69, 9.17) is 18.9 Å². The minimum absolute atomic E-state index is 0.0224. The van der Waals surface area contributed by atoms with Crippen LogP contribution in [-0.4, -0.2) is 76.8 Å². The van der Waals surface area contributed by atoms with E-state index >= 15 is 0 Å². The number of hydrogen-bond donors (Lipinski definition) is 6. The van der Waals surface area contributed by atoms with Gasteiger partial charge < -0.3 is 54.6 Å². The molecule has 11 nitrogen and oxygen atoms in total. The maximum Gasteiger partial charge on any atom is 0.200 e. The van der Waals surface area contributed by atoms with Gasteiger partial charge in [0.1, 0.15) is 6.79 Å². The average molecular weight is 587 g/mol. The summed E-state index contributed by atoms with van der Waals surface area (Å²) in [6.45, 7) is -1.19. The Bertz CT molecular complexity index is 1270. The van der Waals surface area contributed by atoms with Crippen LogP contribution in [0.2, 0.25) is 0 Å². The molecule has 0 saturated heterocycles. The topological polar surface area (TPSA) is 172 Å². The molecule has 0 aliphatic heterocycles. The van der Waals surface area contributed by atoms with Crippen LogP contribution in [0.25, 0.3) is 0 Å². The predicted octanol–water partition coefficient (Wildman–Crippen LogP) is 2.13. The van der Waals surface area contributed by atoms with Gasteiger partial charge in [-0.2, -0.15) is 11.9 Å². The van der Waals surface area contributed by atoms with Crippen molar-refractivity contribution in [1.82, 2.24) is 4.98 Å². The van der Waals surface area contributed by atoms with E-state index in [2.05, 4.69) is 4.98 Å². The third-order valence-corrected chi connectivity index (χ3v) is 8.19. The minimum atomic E-state index is -1.03. The van der Waals surface area contributed by atoms with Crippen molar-refractivity contribution in [3.63, 3.8) is 0 Å². The number of aromatic nitrogens is 1. The molecule has 42 heavy (non-hydrogen) atoms. The molecule has 6 unspecified atom stereocenters. The number of phenolic OH excluding ortho intramolecular Hbond substituents is 2. The number of ether oxygens (including phenoxy) is 4. The summed E-state index contributed by atoms with van der Waals surface area (Å²) in [6, 6.07) is 12.0. The Morgan fingerprint density at radius 3 is 2.31 bits per heavy atom. The number of rotatable bonds is 14. The average Bonchev–Trinajstić information content (AvgIpc) is 3.49. The summed E-state index contributed by atoms with van der Waals surface area (Å²) >= 11 is 0. The number of aliphatic hydroxyl groups is 4. The molecule has 1 fully saturated rings. The van der Waals surface area contributed by atoms with Gasteiger partial charge in [-0.1, -0.05) is 18.2 Å². The Hall–Kier alpha value is -3.48. The van der Waals surface area contributed by atoms with Crippen LogP contribution in [-0.2, 0) is 24.0 Å². The Kier molecular flexibility index (Phi) is 10.9. The quantitative estimate of drug-likeness (QED) is 0.153. The second kappa shape index (κ2) is 14.6. The number of benzene rings is 2. The molecule has 0 radical (unpaired) electrons. The molecule has 230 valence electrons. The molecule has 1 aromatic heterocycles. The van der Waals surface area contributed by atoms with Crippen molar-refractivity contribution in [3.05, 3.63) is 65.5 Å². The highest BCUT2D eigenvalue weighted by molar-refractivity contribution is 5.53.